The molecular weight excluding hydrogens is 223 g/mol. The number of fused-ring (bicyclic) bond motifs is 1. The summed E-state index contributed by atoms with van der Waals surface area (Å²) in [6.45, 7) is 0.391. The van der Waals surface area contributed by atoms with Crippen LogP contribution in [-0.2, 0) is 9.59 Å². The number of ketones is 1. The van der Waals surface area contributed by atoms with Crippen molar-refractivity contribution in [3.8, 4) is 0 Å². The van der Waals surface area contributed by atoms with Crippen LogP contribution in [0.4, 0.5) is 10.1 Å². The van der Waals surface area contributed by atoms with Crippen molar-refractivity contribution >= 4 is 28.3 Å². The van der Waals surface area contributed by atoms with E-state index in [9.17, 15) is 14.0 Å². The number of amides is 1. The standard InChI is InChI=1S/C12H9FN2O2/c13-7-1-2-8-9(5-7)14-6-10(8)15-4-3-11(16)12(15)17/h1-2,5-6,14H,3-4H2. The van der Waals surface area contributed by atoms with Gasteiger partial charge in [0, 0.05) is 24.5 Å². The Hall–Kier alpha value is -2.17. The lowest BCUT2D eigenvalue weighted by Gasteiger charge is -2.12. The fourth-order valence-corrected chi connectivity index (χ4v) is 2.11. The van der Waals surface area contributed by atoms with Gasteiger partial charge < -0.3 is 9.88 Å². The first-order chi connectivity index (χ1) is 8.16. The lowest BCUT2D eigenvalue weighted by molar-refractivity contribution is -0.133. The van der Waals surface area contributed by atoms with Gasteiger partial charge in [-0.15, -0.1) is 0 Å². The van der Waals surface area contributed by atoms with Crippen molar-refractivity contribution in [1.29, 1.82) is 0 Å². The summed E-state index contributed by atoms with van der Waals surface area (Å²) in [5, 5.41) is 0.745. The van der Waals surface area contributed by atoms with Crippen LogP contribution in [0.2, 0.25) is 0 Å². The number of carbonyl (C=O) groups excluding carboxylic acids is 2. The molecule has 1 saturated heterocycles. The third-order valence-electron chi connectivity index (χ3n) is 2.96. The number of nitrogens with zero attached hydrogens (tertiary/aromatic N) is 1. The third-order valence-corrected chi connectivity index (χ3v) is 2.96. The fraction of sp³-hybridized carbons (Fsp3) is 0.167. The first kappa shape index (κ1) is 10.0. The van der Waals surface area contributed by atoms with E-state index in [2.05, 4.69) is 4.98 Å². The number of aromatic amines is 1. The SMILES string of the molecule is O=C1CCN(c2c[nH]c3cc(F)ccc23)C1=O. The quantitative estimate of drug-likeness (QED) is 0.759. The number of halogens is 1. The molecule has 2 aromatic rings. The zero-order valence-electron chi connectivity index (χ0n) is 8.87. The fourth-order valence-electron chi connectivity index (χ4n) is 2.11. The van der Waals surface area contributed by atoms with E-state index in [1.54, 1.807) is 12.3 Å². The van der Waals surface area contributed by atoms with E-state index < -0.39 is 5.91 Å². The number of benzene rings is 1. The van der Waals surface area contributed by atoms with Crippen molar-refractivity contribution in [3.63, 3.8) is 0 Å². The minimum Gasteiger partial charge on any atom is -0.359 e. The Labute approximate surface area is 96.0 Å². The molecule has 0 unspecified atom stereocenters. The van der Waals surface area contributed by atoms with Gasteiger partial charge in [-0.3, -0.25) is 9.59 Å². The number of aromatic nitrogens is 1. The molecule has 5 heteroatoms. The third kappa shape index (κ3) is 1.43. The number of hydrogen-bond donors (Lipinski definition) is 1. The monoisotopic (exact) mass is 232 g/mol. The van der Waals surface area contributed by atoms with Crippen LogP contribution in [0.15, 0.2) is 24.4 Å². The Morgan fingerprint density at radius 2 is 2.12 bits per heavy atom. The number of hydrogen-bond acceptors (Lipinski definition) is 2. The Kier molecular flexibility index (Phi) is 2.01. The number of H-pyrrole nitrogens is 1. The summed E-state index contributed by atoms with van der Waals surface area (Å²) < 4.78 is 13.0. The van der Waals surface area contributed by atoms with Crippen molar-refractivity contribution in [2.24, 2.45) is 0 Å². The second kappa shape index (κ2) is 3.41. The van der Waals surface area contributed by atoms with E-state index in [4.69, 9.17) is 0 Å². The topological polar surface area (TPSA) is 53.2 Å². The molecule has 1 aliphatic rings. The summed E-state index contributed by atoms with van der Waals surface area (Å²) in [4.78, 5) is 27.1. The molecule has 86 valence electrons. The highest BCUT2D eigenvalue weighted by Gasteiger charge is 2.31. The molecule has 3 rings (SSSR count). The second-order valence-corrected chi connectivity index (χ2v) is 3.99. The molecule has 17 heavy (non-hydrogen) atoms. The van der Waals surface area contributed by atoms with Gasteiger partial charge in [0.1, 0.15) is 5.82 Å². The highest BCUT2D eigenvalue weighted by Crippen LogP contribution is 2.29. The molecule has 1 aromatic heterocycles. The number of anilines is 1. The van der Waals surface area contributed by atoms with Crippen LogP contribution < -0.4 is 4.90 Å². The van der Waals surface area contributed by atoms with E-state index in [1.807, 2.05) is 0 Å². The lowest BCUT2D eigenvalue weighted by atomic mass is 10.2. The van der Waals surface area contributed by atoms with Crippen LogP contribution in [0.1, 0.15) is 6.42 Å². The van der Waals surface area contributed by atoms with Crippen LogP contribution in [0, 0.1) is 5.82 Å². The molecule has 4 nitrogen and oxygen atoms in total. The summed E-state index contributed by atoms with van der Waals surface area (Å²) in [6, 6.07) is 4.30. The van der Waals surface area contributed by atoms with Gasteiger partial charge in [-0.1, -0.05) is 0 Å². The average molecular weight is 232 g/mol. The van der Waals surface area contributed by atoms with E-state index >= 15 is 0 Å². The number of nitrogens with one attached hydrogen (secondary N) is 1. The smallest absolute Gasteiger partial charge is 0.294 e. The Morgan fingerprint density at radius 3 is 2.82 bits per heavy atom. The highest BCUT2D eigenvalue weighted by atomic mass is 19.1. The van der Waals surface area contributed by atoms with E-state index in [-0.39, 0.29) is 18.0 Å². The van der Waals surface area contributed by atoms with Gasteiger partial charge in [0.05, 0.1) is 11.2 Å². The Morgan fingerprint density at radius 1 is 1.29 bits per heavy atom. The van der Waals surface area contributed by atoms with E-state index in [1.165, 1.54) is 17.0 Å². The summed E-state index contributed by atoms with van der Waals surface area (Å²) in [6.07, 6.45) is 1.87. The minimum atomic E-state index is -0.491. The molecule has 0 saturated carbocycles. The van der Waals surface area contributed by atoms with Crippen LogP contribution in [0.3, 0.4) is 0 Å². The van der Waals surface area contributed by atoms with Gasteiger partial charge in [0.15, 0.2) is 0 Å². The number of Topliss-reactive ketones (excluding diaryl/α,β-unsaturated/α-hetero) is 1. The Balaban J connectivity index is 2.12. The molecule has 0 radical (unpaired) electrons. The van der Waals surface area contributed by atoms with E-state index in [0.29, 0.717) is 17.7 Å². The molecule has 0 bridgehead atoms. The predicted octanol–water partition coefficient (Wildman–Crippen LogP) is 1.61. The minimum absolute atomic E-state index is 0.243. The van der Waals surface area contributed by atoms with Crippen molar-refractivity contribution in [2.45, 2.75) is 6.42 Å². The largest absolute Gasteiger partial charge is 0.359 e. The van der Waals surface area contributed by atoms with Crippen molar-refractivity contribution < 1.29 is 14.0 Å². The predicted molar refractivity (Wildman–Crippen MR) is 60.2 cm³/mol. The zero-order chi connectivity index (χ0) is 12.0. The lowest BCUT2D eigenvalue weighted by Crippen LogP contribution is -2.26. The maximum atomic E-state index is 13.0. The molecule has 0 aliphatic carbocycles. The first-order valence-electron chi connectivity index (χ1n) is 5.28. The van der Waals surface area contributed by atoms with Crippen LogP contribution in [-0.4, -0.2) is 23.2 Å². The van der Waals surface area contributed by atoms with Crippen LogP contribution in [0.5, 0.6) is 0 Å². The van der Waals surface area contributed by atoms with Crippen LogP contribution >= 0.6 is 0 Å². The molecule has 2 heterocycles. The number of carbonyl (C=O) groups is 2. The molecule has 0 atom stereocenters. The molecular formula is C12H9FN2O2. The maximum Gasteiger partial charge on any atom is 0.294 e. The second-order valence-electron chi connectivity index (χ2n) is 3.99. The van der Waals surface area contributed by atoms with Gasteiger partial charge >= 0.3 is 0 Å². The summed E-state index contributed by atoms with van der Waals surface area (Å²) >= 11 is 0. The Bertz CT molecular complexity index is 632. The molecule has 1 fully saturated rings. The number of rotatable bonds is 1. The van der Waals surface area contributed by atoms with Crippen molar-refractivity contribution in [3.05, 3.63) is 30.2 Å². The molecule has 1 aromatic carbocycles. The summed E-state index contributed by atoms with van der Waals surface area (Å²) in [5.41, 5.74) is 1.25. The van der Waals surface area contributed by atoms with Gasteiger partial charge in [-0.2, -0.15) is 0 Å². The van der Waals surface area contributed by atoms with Gasteiger partial charge in [-0.25, -0.2) is 4.39 Å². The summed E-state index contributed by atoms with van der Waals surface area (Å²) in [5.74, 6) is -1.20. The van der Waals surface area contributed by atoms with Crippen LogP contribution in [0.25, 0.3) is 10.9 Å². The van der Waals surface area contributed by atoms with Crippen molar-refractivity contribution in [2.75, 3.05) is 11.4 Å². The van der Waals surface area contributed by atoms with Crippen molar-refractivity contribution in [1.82, 2.24) is 4.98 Å². The molecule has 0 spiro atoms. The maximum absolute atomic E-state index is 13.0. The van der Waals surface area contributed by atoms with Gasteiger partial charge in [0.2, 0.25) is 5.78 Å². The molecule has 1 aliphatic heterocycles. The molecule has 1 amide bonds. The van der Waals surface area contributed by atoms with Gasteiger partial charge in [-0.05, 0) is 18.2 Å². The summed E-state index contributed by atoms with van der Waals surface area (Å²) in [7, 11) is 0. The normalized spacial score (nSPS) is 16.2. The first-order valence-corrected chi connectivity index (χ1v) is 5.28. The molecule has 1 N–H and O–H groups in total. The zero-order valence-corrected chi connectivity index (χ0v) is 8.87. The van der Waals surface area contributed by atoms with Gasteiger partial charge in [0.25, 0.3) is 5.91 Å². The highest BCUT2D eigenvalue weighted by molar-refractivity contribution is 6.44. The van der Waals surface area contributed by atoms with E-state index in [0.717, 1.165) is 5.39 Å². The average Bonchev–Trinajstić information content (AvgIpc) is 2.84.